The SMILES string of the molecule is CS(C)(CCN1C(=O)C=CC1=O)CC(=O)ON1C(=O)CCC1=O. The van der Waals surface area contributed by atoms with Crippen LogP contribution >= 0.6 is 10.0 Å². The van der Waals surface area contributed by atoms with Crippen LogP contribution in [0.4, 0.5) is 0 Å². The molecule has 0 radical (unpaired) electrons. The van der Waals surface area contributed by atoms with Crippen molar-refractivity contribution >= 4 is 39.6 Å². The van der Waals surface area contributed by atoms with Gasteiger partial charge in [0.2, 0.25) is 0 Å². The molecule has 1 saturated heterocycles. The van der Waals surface area contributed by atoms with E-state index in [4.69, 9.17) is 4.84 Å². The van der Waals surface area contributed by atoms with Crippen LogP contribution in [0.2, 0.25) is 0 Å². The lowest BCUT2D eigenvalue weighted by molar-refractivity contribution is -0.195. The normalized spacial score (nSPS) is 19.0. The second-order valence-corrected chi connectivity index (χ2v) is 10.1. The number of rotatable bonds is 6. The van der Waals surface area contributed by atoms with Crippen molar-refractivity contribution in [2.24, 2.45) is 0 Å². The number of imide groups is 2. The number of hydroxylamine groups is 2. The van der Waals surface area contributed by atoms with Gasteiger partial charge in [-0.2, -0.15) is 0 Å². The average molecular weight is 342 g/mol. The van der Waals surface area contributed by atoms with E-state index in [1.54, 1.807) is 0 Å². The summed E-state index contributed by atoms with van der Waals surface area (Å²) in [6.45, 7) is 0.224. The molecule has 23 heavy (non-hydrogen) atoms. The Balaban J connectivity index is 1.84. The number of carbonyl (C=O) groups is 5. The first-order chi connectivity index (χ1) is 10.7. The molecule has 2 aliphatic heterocycles. The number of hydrogen-bond acceptors (Lipinski definition) is 6. The summed E-state index contributed by atoms with van der Waals surface area (Å²) < 4.78 is 0. The Kier molecular flexibility index (Phi) is 4.88. The van der Waals surface area contributed by atoms with E-state index in [2.05, 4.69) is 0 Å². The van der Waals surface area contributed by atoms with E-state index in [1.807, 2.05) is 12.5 Å². The Morgan fingerprint density at radius 3 is 2.13 bits per heavy atom. The molecule has 2 aliphatic rings. The van der Waals surface area contributed by atoms with Gasteiger partial charge < -0.3 is 4.84 Å². The minimum atomic E-state index is -1.49. The molecule has 0 atom stereocenters. The molecule has 0 N–H and O–H groups in total. The van der Waals surface area contributed by atoms with Crippen molar-refractivity contribution in [2.45, 2.75) is 12.8 Å². The first-order valence-corrected chi connectivity index (χ1v) is 9.77. The molecule has 8 nitrogen and oxygen atoms in total. The molecule has 0 aromatic heterocycles. The Morgan fingerprint density at radius 2 is 1.61 bits per heavy atom. The van der Waals surface area contributed by atoms with Crippen molar-refractivity contribution < 1.29 is 28.8 Å². The largest absolute Gasteiger partial charge is 0.341 e. The van der Waals surface area contributed by atoms with Crippen LogP contribution in [0.3, 0.4) is 0 Å². The van der Waals surface area contributed by atoms with E-state index < -0.39 is 27.8 Å². The fraction of sp³-hybridized carbons (Fsp3) is 0.500. The van der Waals surface area contributed by atoms with E-state index in [0.717, 1.165) is 4.90 Å². The maximum atomic E-state index is 11.9. The molecule has 4 amide bonds. The smallest absolute Gasteiger partial charge is 0.329 e. The number of nitrogens with zero attached hydrogens (tertiary/aromatic N) is 2. The lowest BCUT2D eigenvalue weighted by Gasteiger charge is -2.31. The highest BCUT2D eigenvalue weighted by Gasteiger charge is 2.34. The lowest BCUT2D eigenvalue weighted by Crippen LogP contribution is -2.36. The highest BCUT2D eigenvalue weighted by atomic mass is 32.3. The van der Waals surface area contributed by atoms with Gasteiger partial charge in [-0.15, -0.1) is 5.06 Å². The zero-order valence-electron chi connectivity index (χ0n) is 12.9. The van der Waals surface area contributed by atoms with Crippen LogP contribution in [0.25, 0.3) is 0 Å². The van der Waals surface area contributed by atoms with Crippen molar-refractivity contribution in [2.75, 3.05) is 30.6 Å². The van der Waals surface area contributed by atoms with E-state index in [0.29, 0.717) is 10.8 Å². The Hall–Kier alpha value is -2.16. The first-order valence-electron chi connectivity index (χ1n) is 6.98. The van der Waals surface area contributed by atoms with Gasteiger partial charge in [0.1, 0.15) is 0 Å². The fourth-order valence-electron chi connectivity index (χ4n) is 2.17. The molecule has 1 fully saturated rings. The van der Waals surface area contributed by atoms with Crippen molar-refractivity contribution in [3.8, 4) is 0 Å². The zero-order chi connectivity index (χ0) is 17.2. The van der Waals surface area contributed by atoms with Gasteiger partial charge >= 0.3 is 5.97 Å². The van der Waals surface area contributed by atoms with Crippen LogP contribution < -0.4 is 0 Å². The van der Waals surface area contributed by atoms with Gasteiger partial charge in [0.15, 0.2) is 0 Å². The molecular formula is C14H18N2O6S. The summed E-state index contributed by atoms with van der Waals surface area (Å²) in [5.74, 6) is -1.91. The molecule has 0 aromatic carbocycles. The summed E-state index contributed by atoms with van der Waals surface area (Å²) in [4.78, 5) is 63.7. The molecule has 0 aromatic rings. The van der Waals surface area contributed by atoms with Gasteiger partial charge in [0, 0.05) is 31.5 Å². The van der Waals surface area contributed by atoms with Crippen LogP contribution in [-0.4, -0.2) is 70.1 Å². The van der Waals surface area contributed by atoms with Crippen LogP contribution in [0.5, 0.6) is 0 Å². The molecule has 9 heteroatoms. The molecular weight excluding hydrogens is 324 g/mol. The van der Waals surface area contributed by atoms with E-state index in [9.17, 15) is 24.0 Å². The molecule has 0 saturated carbocycles. The Morgan fingerprint density at radius 1 is 1.09 bits per heavy atom. The summed E-state index contributed by atoms with van der Waals surface area (Å²) in [7, 11) is -1.49. The summed E-state index contributed by atoms with van der Waals surface area (Å²) in [6.07, 6.45) is 6.25. The van der Waals surface area contributed by atoms with Gasteiger partial charge in [0.25, 0.3) is 23.6 Å². The lowest BCUT2D eigenvalue weighted by atomic mass is 10.4. The molecule has 2 rings (SSSR count). The van der Waals surface area contributed by atoms with Gasteiger partial charge in [0.05, 0.1) is 5.75 Å². The van der Waals surface area contributed by atoms with Crippen molar-refractivity contribution in [1.82, 2.24) is 9.96 Å². The Labute approximate surface area is 134 Å². The van der Waals surface area contributed by atoms with Crippen molar-refractivity contribution in [3.63, 3.8) is 0 Å². The van der Waals surface area contributed by atoms with Gasteiger partial charge in [-0.1, -0.05) is 0 Å². The van der Waals surface area contributed by atoms with Crippen LogP contribution in [-0.2, 0) is 28.8 Å². The van der Waals surface area contributed by atoms with E-state index in [-0.39, 0.29) is 37.0 Å². The molecule has 0 bridgehead atoms. The summed E-state index contributed by atoms with van der Waals surface area (Å²) in [5.41, 5.74) is 0. The maximum Gasteiger partial charge on any atom is 0.341 e. The second kappa shape index (κ2) is 6.53. The molecule has 0 unspecified atom stereocenters. The Bertz CT molecular complexity index is 578. The number of carbonyl (C=O) groups excluding carboxylic acids is 5. The summed E-state index contributed by atoms with van der Waals surface area (Å²) in [6, 6.07) is 0. The fourth-order valence-corrected chi connectivity index (χ4v) is 3.68. The number of amides is 4. The molecule has 0 spiro atoms. The third-order valence-corrected chi connectivity index (χ3v) is 5.78. The maximum absolute atomic E-state index is 11.9. The minimum absolute atomic E-state index is 0.0354. The highest BCUT2D eigenvalue weighted by Crippen LogP contribution is 2.39. The topological polar surface area (TPSA) is 101 Å². The third kappa shape index (κ3) is 4.19. The summed E-state index contributed by atoms with van der Waals surface area (Å²) >= 11 is 0. The third-order valence-electron chi connectivity index (χ3n) is 3.48. The van der Waals surface area contributed by atoms with Crippen LogP contribution in [0.15, 0.2) is 12.2 Å². The first kappa shape index (κ1) is 17.2. The monoisotopic (exact) mass is 342 g/mol. The van der Waals surface area contributed by atoms with Crippen molar-refractivity contribution in [3.05, 3.63) is 12.2 Å². The predicted octanol–water partition coefficient (Wildman–Crippen LogP) is -0.417. The highest BCUT2D eigenvalue weighted by molar-refractivity contribution is 8.33. The minimum Gasteiger partial charge on any atom is -0.329 e. The molecule has 0 aliphatic carbocycles. The predicted molar refractivity (Wildman–Crippen MR) is 82.2 cm³/mol. The van der Waals surface area contributed by atoms with Gasteiger partial charge in [-0.3, -0.25) is 24.1 Å². The van der Waals surface area contributed by atoms with Gasteiger partial charge in [-0.05, 0) is 18.3 Å². The number of hydrogen-bond donors (Lipinski definition) is 0. The van der Waals surface area contributed by atoms with E-state index >= 15 is 0 Å². The van der Waals surface area contributed by atoms with Crippen LogP contribution in [0, 0.1) is 0 Å². The molecule has 2 heterocycles. The average Bonchev–Trinajstić information content (AvgIpc) is 2.93. The van der Waals surface area contributed by atoms with Crippen LogP contribution in [0.1, 0.15) is 12.8 Å². The van der Waals surface area contributed by atoms with E-state index in [1.165, 1.54) is 12.2 Å². The standard InChI is InChI=1S/C14H18N2O6S/c1-23(2,8-7-15-10(17)3-4-11(15)18)9-14(21)22-16-12(19)5-6-13(16)20/h3-4H,5-9H2,1-2H3. The molecule has 126 valence electrons. The second-order valence-electron chi connectivity index (χ2n) is 5.82. The van der Waals surface area contributed by atoms with Gasteiger partial charge in [-0.25, -0.2) is 14.8 Å². The van der Waals surface area contributed by atoms with Crippen molar-refractivity contribution in [1.29, 1.82) is 0 Å². The quantitative estimate of drug-likeness (QED) is 0.608. The zero-order valence-corrected chi connectivity index (χ0v) is 13.8. The summed E-state index contributed by atoms with van der Waals surface area (Å²) in [5, 5.41) is 0.523.